The summed E-state index contributed by atoms with van der Waals surface area (Å²) < 4.78 is 11.9. The highest BCUT2D eigenvalue weighted by atomic mass is 16.5. The predicted octanol–water partition coefficient (Wildman–Crippen LogP) is 8.78. The highest BCUT2D eigenvalue weighted by Crippen LogP contribution is 2.30. The molecule has 186 valence electrons. The van der Waals surface area contributed by atoms with Crippen molar-refractivity contribution in [1.29, 1.82) is 0 Å². The second kappa shape index (κ2) is 11.7. The molecule has 0 saturated carbocycles. The molecular formula is C34H28N2O2. The Morgan fingerprint density at radius 2 is 0.737 bits per heavy atom. The van der Waals surface area contributed by atoms with Gasteiger partial charge in [-0.1, -0.05) is 97.1 Å². The largest absolute Gasteiger partial charge is 0.455 e. The van der Waals surface area contributed by atoms with Crippen LogP contribution in [0.2, 0.25) is 0 Å². The summed E-state index contributed by atoms with van der Waals surface area (Å²) in [6.45, 7) is 0. The van der Waals surface area contributed by atoms with Crippen LogP contribution in [0.25, 0.3) is 24.3 Å². The van der Waals surface area contributed by atoms with Gasteiger partial charge >= 0.3 is 0 Å². The molecule has 0 unspecified atom stereocenters. The van der Waals surface area contributed by atoms with Gasteiger partial charge in [-0.25, -0.2) is 0 Å². The molecule has 0 heterocycles. The van der Waals surface area contributed by atoms with E-state index in [0.29, 0.717) is 22.9 Å². The Kier molecular flexibility index (Phi) is 7.52. The number of anilines is 2. The van der Waals surface area contributed by atoms with E-state index in [-0.39, 0.29) is 0 Å². The van der Waals surface area contributed by atoms with Crippen molar-refractivity contribution >= 4 is 35.7 Å². The number of benzene rings is 5. The van der Waals surface area contributed by atoms with Gasteiger partial charge in [0.1, 0.15) is 11.5 Å². The maximum Gasteiger partial charge on any atom is 0.150 e. The van der Waals surface area contributed by atoms with E-state index in [1.54, 1.807) is 0 Å². The summed E-state index contributed by atoms with van der Waals surface area (Å²) in [5, 5.41) is 0. The molecule has 0 atom stereocenters. The van der Waals surface area contributed by atoms with Crippen molar-refractivity contribution in [3.05, 3.63) is 144 Å². The zero-order valence-electron chi connectivity index (χ0n) is 20.8. The van der Waals surface area contributed by atoms with E-state index in [1.807, 2.05) is 109 Å². The molecule has 0 aliphatic heterocycles. The molecule has 4 N–H and O–H groups in total. The number of para-hydroxylation sites is 2. The van der Waals surface area contributed by atoms with Gasteiger partial charge in [-0.3, -0.25) is 0 Å². The summed E-state index contributed by atoms with van der Waals surface area (Å²) in [5.41, 5.74) is 17.6. The molecule has 5 aromatic carbocycles. The van der Waals surface area contributed by atoms with Crippen LogP contribution in [-0.2, 0) is 0 Å². The van der Waals surface area contributed by atoms with Crippen LogP contribution in [0.15, 0.2) is 121 Å². The highest BCUT2D eigenvalue weighted by Gasteiger charge is 2.04. The van der Waals surface area contributed by atoms with Crippen LogP contribution in [0.5, 0.6) is 23.0 Å². The van der Waals surface area contributed by atoms with E-state index < -0.39 is 0 Å². The number of nitrogen functional groups attached to an aromatic ring is 2. The molecule has 0 fully saturated rings. The molecule has 0 radical (unpaired) electrons. The summed E-state index contributed by atoms with van der Waals surface area (Å²) in [6, 6.07) is 39.1. The fourth-order valence-corrected chi connectivity index (χ4v) is 3.82. The van der Waals surface area contributed by atoms with E-state index in [1.165, 1.54) is 0 Å². The van der Waals surface area contributed by atoms with Crippen LogP contribution < -0.4 is 20.9 Å². The maximum atomic E-state index is 6.11. The van der Waals surface area contributed by atoms with E-state index in [4.69, 9.17) is 20.9 Å². The quantitative estimate of drug-likeness (QED) is 0.166. The lowest BCUT2D eigenvalue weighted by molar-refractivity contribution is 0.484. The topological polar surface area (TPSA) is 70.5 Å². The van der Waals surface area contributed by atoms with Gasteiger partial charge in [0.25, 0.3) is 0 Å². The van der Waals surface area contributed by atoms with E-state index in [0.717, 1.165) is 33.8 Å². The van der Waals surface area contributed by atoms with Crippen LogP contribution >= 0.6 is 0 Å². The van der Waals surface area contributed by atoms with Crippen LogP contribution in [0.3, 0.4) is 0 Å². The summed E-state index contributed by atoms with van der Waals surface area (Å²) in [4.78, 5) is 0. The molecule has 0 spiro atoms. The summed E-state index contributed by atoms with van der Waals surface area (Å²) in [6.07, 6.45) is 8.23. The van der Waals surface area contributed by atoms with Gasteiger partial charge in [-0.2, -0.15) is 0 Å². The minimum absolute atomic E-state index is 0.599. The number of rotatable bonds is 8. The number of nitrogens with two attached hydrogens (primary N) is 2. The Morgan fingerprint density at radius 1 is 0.395 bits per heavy atom. The van der Waals surface area contributed by atoms with Crippen molar-refractivity contribution in [3.8, 4) is 23.0 Å². The van der Waals surface area contributed by atoms with Crippen LogP contribution in [0, 0.1) is 0 Å². The zero-order chi connectivity index (χ0) is 26.2. The van der Waals surface area contributed by atoms with Gasteiger partial charge in [-0.05, 0) is 70.8 Å². The molecular weight excluding hydrogens is 468 g/mol. The minimum Gasteiger partial charge on any atom is -0.455 e. The first-order chi connectivity index (χ1) is 18.6. The standard InChI is InChI=1S/C34H28N2O2/c35-31-21-19-27(23-33(31)37-29-7-3-1-4-8-29)17-15-25-11-13-26(14-12-25)16-18-28-20-22-32(36)34(24-28)38-30-9-5-2-6-10-30/h1-24H,35-36H2. The van der Waals surface area contributed by atoms with Gasteiger partial charge in [0, 0.05) is 0 Å². The Morgan fingerprint density at radius 3 is 1.13 bits per heavy atom. The average molecular weight is 497 g/mol. The zero-order valence-corrected chi connectivity index (χ0v) is 20.8. The van der Waals surface area contributed by atoms with Gasteiger partial charge in [0.2, 0.25) is 0 Å². The first-order valence-corrected chi connectivity index (χ1v) is 12.3. The normalized spacial score (nSPS) is 11.2. The fourth-order valence-electron chi connectivity index (χ4n) is 3.82. The molecule has 4 heteroatoms. The summed E-state index contributed by atoms with van der Waals surface area (Å²) in [5.74, 6) is 2.78. The summed E-state index contributed by atoms with van der Waals surface area (Å²) >= 11 is 0. The SMILES string of the molecule is Nc1ccc(C=Cc2ccc(C=Cc3ccc(N)c(Oc4ccccc4)c3)cc2)cc1Oc1ccccc1. The predicted molar refractivity (Wildman–Crippen MR) is 159 cm³/mol. The lowest BCUT2D eigenvalue weighted by Gasteiger charge is -2.09. The van der Waals surface area contributed by atoms with Crippen molar-refractivity contribution in [2.75, 3.05) is 11.5 Å². The second-order valence-electron chi connectivity index (χ2n) is 8.76. The van der Waals surface area contributed by atoms with Crippen LogP contribution in [0.1, 0.15) is 22.3 Å². The van der Waals surface area contributed by atoms with Gasteiger partial charge < -0.3 is 20.9 Å². The van der Waals surface area contributed by atoms with E-state index >= 15 is 0 Å². The molecule has 4 nitrogen and oxygen atoms in total. The molecule has 0 aliphatic rings. The van der Waals surface area contributed by atoms with Gasteiger partial charge in [0.05, 0.1) is 11.4 Å². The van der Waals surface area contributed by atoms with E-state index in [9.17, 15) is 0 Å². The second-order valence-corrected chi connectivity index (χ2v) is 8.76. The molecule has 5 rings (SSSR count). The summed E-state index contributed by atoms with van der Waals surface area (Å²) in [7, 11) is 0. The molecule has 0 bridgehead atoms. The van der Waals surface area contributed by atoms with Gasteiger partial charge in [0.15, 0.2) is 11.5 Å². The number of hydrogen-bond acceptors (Lipinski definition) is 4. The third kappa shape index (κ3) is 6.50. The van der Waals surface area contributed by atoms with Crippen molar-refractivity contribution in [3.63, 3.8) is 0 Å². The third-order valence-corrected chi connectivity index (χ3v) is 5.89. The van der Waals surface area contributed by atoms with Crippen molar-refractivity contribution in [2.24, 2.45) is 0 Å². The molecule has 0 amide bonds. The third-order valence-electron chi connectivity index (χ3n) is 5.89. The lowest BCUT2D eigenvalue weighted by Crippen LogP contribution is -1.92. The smallest absolute Gasteiger partial charge is 0.150 e. The number of ether oxygens (including phenoxy) is 2. The Hall–Kier alpha value is -5.22. The molecule has 0 aromatic heterocycles. The Bertz CT molecular complexity index is 1440. The van der Waals surface area contributed by atoms with E-state index in [2.05, 4.69) is 36.4 Å². The van der Waals surface area contributed by atoms with Gasteiger partial charge in [-0.15, -0.1) is 0 Å². The van der Waals surface area contributed by atoms with Crippen LogP contribution in [-0.4, -0.2) is 0 Å². The maximum absolute atomic E-state index is 6.11. The number of hydrogen-bond donors (Lipinski definition) is 2. The molecule has 0 aliphatic carbocycles. The van der Waals surface area contributed by atoms with Crippen molar-refractivity contribution < 1.29 is 9.47 Å². The van der Waals surface area contributed by atoms with Crippen molar-refractivity contribution in [2.45, 2.75) is 0 Å². The average Bonchev–Trinajstić information content (AvgIpc) is 2.95. The lowest BCUT2D eigenvalue weighted by atomic mass is 10.1. The Labute approximate surface area is 223 Å². The monoisotopic (exact) mass is 496 g/mol. The first-order valence-electron chi connectivity index (χ1n) is 12.3. The first kappa shape index (κ1) is 24.5. The van der Waals surface area contributed by atoms with Crippen molar-refractivity contribution in [1.82, 2.24) is 0 Å². The van der Waals surface area contributed by atoms with Crippen LogP contribution in [0.4, 0.5) is 11.4 Å². The molecule has 0 saturated heterocycles. The fraction of sp³-hybridized carbons (Fsp3) is 0. The minimum atomic E-state index is 0.599. The highest BCUT2D eigenvalue weighted by molar-refractivity contribution is 5.75. The molecule has 38 heavy (non-hydrogen) atoms. The molecule has 5 aromatic rings. The Balaban J connectivity index is 1.24.